The van der Waals surface area contributed by atoms with Gasteiger partial charge in [-0.15, -0.1) is 0 Å². The van der Waals surface area contributed by atoms with Gasteiger partial charge >= 0.3 is 0 Å². The Balaban J connectivity index is 1.93. The summed E-state index contributed by atoms with van der Waals surface area (Å²) in [6.07, 6.45) is 7.92. The zero-order valence-corrected chi connectivity index (χ0v) is 16.6. The molecule has 0 spiro atoms. The normalized spacial score (nSPS) is 16.1. The summed E-state index contributed by atoms with van der Waals surface area (Å²) in [6, 6.07) is 5.90. The molecule has 1 unspecified atom stereocenters. The van der Waals surface area contributed by atoms with Gasteiger partial charge in [0, 0.05) is 35.0 Å². The van der Waals surface area contributed by atoms with Crippen LogP contribution >= 0.6 is 0 Å². The van der Waals surface area contributed by atoms with Crippen molar-refractivity contribution in [3.63, 3.8) is 0 Å². The highest BCUT2D eigenvalue weighted by Crippen LogP contribution is 2.40. The Hall–Kier alpha value is -2.36. The topological polar surface area (TPSA) is 48.4 Å². The van der Waals surface area contributed by atoms with Gasteiger partial charge in [0.05, 0.1) is 13.2 Å². The number of aromatic nitrogens is 1. The molecule has 1 aromatic heterocycles. The lowest BCUT2D eigenvalue weighted by Crippen LogP contribution is -2.25. The molecule has 0 N–H and O–H groups in total. The first-order chi connectivity index (χ1) is 13.2. The second kappa shape index (κ2) is 9.03. The van der Waals surface area contributed by atoms with E-state index in [-0.39, 0.29) is 11.7 Å². The minimum atomic E-state index is -0.0116. The Labute approximate surface area is 161 Å². The van der Waals surface area contributed by atoms with Crippen LogP contribution in [0.3, 0.4) is 0 Å². The van der Waals surface area contributed by atoms with Crippen molar-refractivity contribution in [2.45, 2.75) is 52.9 Å². The number of hydrogen-bond donors (Lipinski definition) is 0. The van der Waals surface area contributed by atoms with Crippen LogP contribution in [0.2, 0.25) is 0 Å². The van der Waals surface area contributed by atoms with E-state index in [0.717, 1.165) is 65.9 Å². The Bertz CT molecular complexity index is 786. The van der Waals surface area contributed by atoms with E-state index in [1.54, 1.807) is 6.20 Å². The fourth-order valence-electron chi connectivity index (χ4n) is 3.68. The molecule has 3 rings (SSSR count). The Kier molecular flexibility index (Phi) is 6.49. The van der Waals surface area contributed by atoms with E-state index in [1.165, 1.54) is 0 Å². The van der Waals surface area contributed by atoms with Gasteiger partial charge in [0.15, 0.2) is 5.78 Å². The van der Waals surface area contributed by atoms with Crippen LogP contribution in [0.1, 0.15) is 60.2 Å². The van der Waals surface area contributed by atoms with Crippen molar-refractivity contribution < 1.29 is 14.3 Å². The minimum Gasteiger partial charge on any atom is -0.493 e. The van der Waals surface area contributed by atoms with Crippen LogP contribution in [0.4, 0.5) is 0 Å². The van der Waals surface area contributed by atoms with Gasteiger partial charge in [0.25, 0.3) is 0 Å². The van der Waals surface area contributed by atoms with Gasteiger partial charge < -0.3 is 9.47 Å². The van der Waals surface area contributed by atoms with Gasteiger partial charge in [-0.25, -0.2) is 0 Å². The highest BCUT2D eigenvalue weighted by molar-refractivity contribution is 6.01. The van der Waals surface area contributed by atoms with Gasteiger partial charge in [-0.1, -0.05) is 19.9 Å². The van der Waals surface area contributed by atoms with Gasteiger partial charge in [-0.05, 0) is 56.7 Å². The lowest BCUT2D eigenvalue weighted by Gasteiger charge is -2.27. The molecule has 0 aliphatic heterocycles. The minimum absolute atomic E-state index is 0.0116. The van der Waals surface area contributed by atoms with Crippen molar-refractivity contribution in [1.29, 1.82) is 0 Å². The number of ether oxygens (including phenoxy) is 2. The van der Waals surface area contributed by atoms with Gasteiger partial charge in [-0.3, -0.25) is 9.78 Å². The maximum absolute atomic E-state index is 13.3. The predicted octanol–water partition coefficient (Wildman–Crippen LogP) is 4.96. The van der Waals surface area contributed by atoms with Crippen molar-refractivity contribution in [3.8, 4) is 11.5 Å². The summed E-state index contributed by atoms with van der Waals surface area (Å²) in [5.74, 6) is 1.82. The average Bonchev–Trinajstić information content (AvgIpc) is 2.69. The molecule has 1 aliphatic rings. The standard InChI is InChI=1S/C23H29NO3/c1-4-11-26-21-14-20-19(23(16(21)3)27-12-5-2)9-8-18(22(20)25)13-17-7-6-10-24-15-17/h6-7,10,14-15,18H,4-5,8-9,11-13H2,1-3H3. The highest BCUT2D eigenvalue weighted by atomic mass is 16.5. The first kappa shape index (κ1) is 19.4. The van der Waals surface area contributed by atoms with Crippen molar-refractivity contribution in [2.75, 3.05) is 13.2 Å². The molecule has 1 atom stereocenters. The summed E-state index contributed by atoms with van der Waals surface area (Å²) in [5, 5.41) is 0. The molecule has 0 saturated carbocycles. The van der Waals surface area contributed by atoms with Gasteiger partial charge in [0.1, 0.15) is 11.5 Å². The number of fused-ring (bicyclic) bond motifs is 1. The van der Waals surface area contributed by atoms with Gasteiger partial charge in [0.2, 0.25) is 0 Å². The SMILES string of the molecule is CCCOc1cc2c(c(OCCC)c1C)CCC(Cc1cccnc1)C2=O. The number of hydrogen-bond acceptors (Lipinski definition) is 4. The largest absolute Gasteiger partial charge is 0.493 e. The first-order valence-corrected chi connectivity index (χ1v) is 10.0. The summed E-state index contributed by atoms with van der Waals surface area (Å²) in [4.78, 5) is 17.4. The number of carbonyl (C=O) groups excluding carboxylic acids is 1. The van der Waals surface area contributed by atoms with Crippen LogP contribution in [0, 0.1) is 12.8 Å². The van der Waals surface area contributed by atoms with Crippen LogP contribution in [-0.2, 0) is 12.8 Å². The van der Waals surface area contributed by atoms with Crippen LogP contribution in [0.25, 0.3) is 0 Å². The molecule has 1 aromatic carbocycles. The number of nitrogens with zero attached hydrogens (tertiary/aromatic N) is 1. The fourth-order valence-corrected chi connectivity index (χ4v) is 3.68. The molecule has 144 valence electrons. The molecule has 1 aliphatic carbocycles. The molecule has 0 bridgehead atoms. The Morgan fingerprint density at radius 1 is 1.19 bits per heavy atom. The molecular weight excluding hydrogens is 338 g/mol. The summed E-state index contributed by atoms with van der Waals surface area (Å²) >= 11 is 0. The third-order valence-electron chi connectivity index (χ3n) is 5.08. The smallest absolute Gasteiger partial charge is 0.166 e. The third kappa shape index (κ3) is 4.32. The van der Waals surface area contributed by atoms with E-state index < -0.39 is 0 Å². The van der Waals surface area contributed by atoms with E-state index in [2.05, 4.69) is 18.8 Å². The average molecular weight is 367 g/mol. The molecule has 0 fully saturated rings. The predicted molar refractivity (Wildman–Crippen MR) is 107 cm³/mol. The third-order valence-corrected chi connectivity index (χ3v) is 5.08. The number of rotatable bonds is 8. The molecule has 0 radical (unpaired) electrons. The summed E-state index contributed by atoms with van der Waals surface area (Å²) in [6.45, 7) is 7.49. The number of pyridine rings is 1. The molecule has 4 heteroatoms. The van der Waals surface area contributed by atoms with E-state index in [1.807, 2.05) is 31.3 Å². The summed E-state index contributed by atoms with van der Waals surface area (Å²) in [5.41, 5.74) is 3.95. The van der Waals surface area contributed by atoms with E-state index >= 15 is 0 Å². The lowest BCUT2D eigenvalue weighted by molar-refractivity contribution is 0.0899. The molecule has 0 saturated heterocycles. The van der Waals surface area contributed by atoms with E-state index in [0.29, 0.717) is 13.2 Å². The summed E-state index contributed by atoms with van der Waals surface area (Å²) < 4.78 is 12.0. The molecule has 27 heavy (non-hydrogen) atoms. The van der Waals surface area contributed by atoms with E-state index in [4.69, 9.17) is 9.47 Å². The van der Waals surface area contributed by atoms with E-state index in [9.17, 15) is 4.79 Å². The van der Waals surface area contributed by atoms with Crippen molar-refractivity contribution in [1.82, 2.24) is 4.98 Å². The molecule has 1 heterocycles. The van der Waals surface area contributed by atoms with Crippen LogP contribution in [0.5, 0.6) is 11.5 Å². The molecular formula is C23H29NO3. The maximum atomic E-state index is 13.3. The van der Waals surface area contributed by atoms with Crippen LogP contribution < -0.4 is 9.47 Å². The first-order valence-electron chi connectivity index (χ1n) is 10.0. The maximum Gasteiger partial charge on any atom is 0.166 e. The quantitative estimate of drug-likeness (QED) is 0.662. The molecule has 2 aromatic rings. The Morgan fingerprint density at radius 2 is 1.96 bits per heavy atom. The lowest BCUT2D eigenvalue weighted by atomic mass is 9.79. The van der Waals surface area contributed by atoms with Gasteiger partial charge in [-0.2, -0.15) is 0 Å². The van der Waals surface area contributed by atoms with Crippen LogP contribution in [-0.4, -0.2) is 24.0 Å². The monoisotopic (exact) mass is 367 g/mol. The zero-order valence-electron chi connectivity index (χ0n) is 16.6. The second-order valence-corrected chi connectivity index (χ2v) is 7.22. The number of ketones is 1. The van der Waals surface area contributed by atoms with Crippen LogP contribution in [0.15, 0.2) is 30.6 Å². The van der Waals surface area contributed by atoms with Crippen molar-refractivity contribution in [3.05, 3.63) is 52.8 Å². The Morgan fingerprint density at radius 3 is 2.67 bits per heavy atom. The second-order valence-electron chi connectivity index (χ2n) is 7.22. The molecule has 4 nitrogen and oxygen atoms in total. The fraction of sp³-hybridized carbons (Fsp3) is 0.478. The van der Waals surface area contributed by atoms with Crippen molar-refractivity contribution >= 4 is 5.78 Å². The number of benzene rings is 1. The zero-order chi connectivity index (χ0) is 19.2. The highest BCUT2D eigenvalue weighted by Gasteiger charge is 2.31. The number of carbonyl (C=O) groups is 1. The summed E-state index contributed by atoms with van der Waals surface area (Å²) in [7, 11) is 0. The molecule has 0 amide bonds. The van der Waals surface area contributed by atoms with Crippen molar-refractivity contribution in [2.24, 2.45) is 5.92 Å². The number of Topliss-reactive ketones (excluding diaryl/α,β-unsaturated/α-hetero) is 1.